The van der Waals surface area contributed by atoms with Crippen LogP contribution in [0.5, 0.6) is 0 Å². The molecule has 0 fully saturated rings. The van der Waals surface area contributed by atoms with Gasteiger partial charge in [-0.25, -0.2) is 8.78 Å². The van der Waals surface area contributed by atoms with Crippen molar-refractivity contribution in [1.29, 1.82) is 0 Å². The van der Waals surface area contributed by atoms with Crippen LogP contribution in [0.15, 0.2) is 24.3 Å². The van der Waals surface area contributed by atoms with Crippen molar-refractivity contribution in [2.45, 2.75) is 37.6 Å². The molecule has 1 aromatic rings. The van der Waals surface area contributed by atoms with Crippen LogP contribution in [-0.2, 0) is 11.2 Å². The molecule has 0 radical (unpaired) electrons. The average Bonchev–Trinajstić information content (AvgIpc) is 2.38. The van der Waals surface area contributed by atoms with Crippen molar-refractivity contribution >= 4 is 0 Å². The van der Waals surface area contributed by atoms with Crippen molar-refractivity contribution in [3.8, 4) is 0 Å². The SMILES string of the molecule is NNC(CCOCC(F)F)CC1Cc2ccccc21. The van der Waals surface area contributed by atoms with Gasteiger partial charge in [-0.15, -0.1) is 0 Å². The molecule has 2 unspecified atom stereocenters. The van der Waals surface area contributed by atoms with Gasteiger partial charge in [-0.3, -0.25) is 11.3 Å². The molecular weight excluding hydrogens is 250 g/mol. The van der Waals surface area contributed by atoms with Gasteiger partial charge in [-0.05, 0) is 36.3 Å². The second kappa shape index (κ2) is 6.93. The van der Waals surface area contributed by atoms with Crippen molar-refractivity contribution in [3.63, 3.8) is 0 Å². The molecule has 0 heterocycles. The van der Waals surface area contributed by atoms with Crippen LogP contribution in [-0.4, -0.2) is 25.7 Å². The molecule has 19 heavy (non-hydrogen) atoms. The Labute approximate surface area is 112 Å². The number of hydrogen-bond donors (Lipinski definition) is 2. The van der Waals surface area contributed by atoms with E-state index in [-0.39, 0.29) is 6.04 Å². The zero-order valence-corrected chi connectivity index (χ0v) is 10.8. The van der Waals surface area contributed by atoms with E-state index in [0.717, 1.165) is 12.8 Å². The lowest BCUT2D eigenvalue weighted by Gasteiger charge is -2.32. The van der Waals surface area contributed by atoms with Crippen molar-refractivity contribution in [1.82, 2.24) is 5.43 Å². The lowest BCUT2D eigenvalue weighted by atomic mass is 9.74. The Morgan fingerprint density at radius 3 is 2.84 bits per heavy atom. The molecule has 5 heteroatoms. The number of fused-ring (bicyclic) bond motifs is 1. The van der Waals surface area contributed by atoms with E-state index in [0.29, 0.717) is 18.9 Å². The van der Waals surface area contributed by atoms with Gasteiger partial charge < -0.3 is 4.74 Å². The summed E-state index contributed by atoms with van der Waals surface area (Å²) in [6, 6.07) is 8.48. The van der Waals surface area contributed by atoms with E-state index in [1.807, 2.05) is 12.1 Å². The summed E-state index contributed by atoms with van der Waals surface area (Å²) in [5.74, 6) is 6.03. The van der Waals surface area contributed by atoms with E-state index in [1.165, 1.54) is 11.1 Å². The molecular formula is C14H20F2N2O. The Morgan fingerprint density at radius 2 is 2.16 bits per heavy atom. The summed E-state index contributed by atoms with van der Waals surface area (Å²) in [7, 11) is 0. The summed E-state index contributed by atoms with van der Waals surface area (Å²) in [5.41, 5.74) is 5.54. The predicted octanol–water partition coefficient (Wildman–Crippen LogP) is 2.22. The molecule has 1 aliphatic carbocycles. The van der Waals surface area contributed by atoms with Gasteiger partial charge in [0.05, 0.1) is 0 Å². The van der Waals surface area contributed by atoms with Crippen LogP contribution in [0.25, 0.3) is 0 Å². The summed E-state index contributed by atoms with van der Waals surface area (Å²) in [5, 5.41) is 0. The highest BCUT2D eigenvalue weighted by Gasteiger charge is 2.27. The Balaban J connectivity index is 1.72. The number of hydrogen-bond acceptors (Lipinski definition) is 3. The Hall–Kier alpha value is -1.04. The topological polar surface area (TPSA) is 47.3 Å². The zero-order valence-electron chi connectivity index (χ0n) is 10.8. The number of rotatable bonds is 8. The lowest BCUT2D eigenvalue weighted by Crippen LogP contribution is -2.38. The molecule has 0 amide bonds. The largest absolute Gasteiger partial charge is 0.375 e. The summed E-state index contributed by atoms with van der Waals surface area (Å²) in [6.07, 6.45) is 0.252. The summed E-state index contributed by atoms with van der Waals surface area (Å²) in [6.45, 7) is -0.183. The lowest BCUT2D eigenvalue weighted by molar-refractivity contribution is 0.0140. The van der Waals surface area contributed by atoms with Crippen LogP contribution in [0.4, 0.5) is 8.78 Å². The number of benzene rings is 1. The summed E-state index contributed by atoms with van der Waals surface area (Å²) < 4.78 is 28.7. The van der Waals surface area contributed by atoms with Gasteiger partial charge in [-0.1, -0.05) is 24.3 Å². The number of nitrogens with two attached hydrogens (primary N) is 1. The van der Waals surface area contributed by atoms with Crippen LogP contribution in [0.1, 0.15) is 29.9 Å². The van der Waals surface area contributed by atoms with E-state index in [9.17, 15) is 8.78 Å². The quantitative estimate of drug-likeness (QED) is 0.432. The van der Waals surface area contributed by atoms with E-state index < -0.39 is 13.0 Å². The maximum atomic E-state index is 11.9. The van der Waals surface area contributed by atoms with E-state index in [2.05, 4.69) is 17.6 Å². The molecule has 1 aromatic carbocycles. The Morgan fingerprint density at radius 1 is 1.37 bits per heavy atom. The standard InChI is InChI=1S/C14H20F2N2O/c15-14(16)9-19-6-5-12(18-17)8-11-7-10-3-1-2-4-13(10)11/h1-4,11-12,14,18H,5-9,17H2. The average molecular weight is 270 g/mol. The minimum Gasteiger partial charge on any atom is -0.375 e. The van der Waals surface area contributed by atoms with Gasteiger partial charge in [0.15, 0.2) is 0 Å². The number of ether oxygens (including phenoxy) is 1. The van der Waals surface area contributed by atoms with Crippen LogP contribution in [0.2, 0.25) is 0 Å². The molecule has 3 nitrogen and oxygen atoms in total. The molecule has 2 atom stereocenters. The summed E-state index contributed by atoms with van der Waals surface area (Å²) in [4.78, 5) is 0. The van der Waals surface area contributed by atoms with Crippen molar-refractivity contribution < 1.29 is 13.5 Å². The third-order valence-electron chi connectivity index (χ3n) is 3.62. The maximum Gasteiger partial charge on any atom is 0.261 e. The third-order valence-corrected chi connectivity index (χ3v) is 3.62. The fourth-order valence-electron chi connectivity index (χ4n) is 2.58. The maximum absolute atomic E-state index is 11.9. The highest BCUT2D eigenvalue weighted by atomic mass is 19.3. The van der Waals surface area contributed by atoms with Gasteiger partial charge in [0.25, 0.3) is 6.43 Å². The van der Waals surface area contributed by atoms with Crippen molar-refractivity contribution in [2.75, 3.05) is 13.2 Å². The Bertz CT molecular complexity index is 401. The Kier molecular flexibility index (Phi) is 5.24. The highest BCUT2D eigenvalue weighted by molar-refractivity contribution is 5.39. The monoisotopic (exact) mass is 270 g/mol. The molecule has 0 saturated heterocycles. The third kappa shape index (κ3) is 3.96. The molecule has 106 valence electrons. The number of alkyl halides is 2. The molecule has 0 aliphatic heterocycles. The van der Waals surface area contributed by atoms with Crippen LogP contribution in [0, 0.1) is 0 Å². The number of hydrazine groups is 1. The van der Waals surface area contributed by atoms with E-state index in [4.69, 9.17) is 10.6 Å². The summed E-state index contributed by atoms with van der Waals surface area (Å²) >= 11 is 0. The van der Waals surface area contributed by atoms with Gasteiger partial charge >= 0.3 is 0 Å². The van der Waals surface area contributed by atoms with Gasteiger partial charge in [0, 0.05) is 12.6 Å². The number of nitrogens with one attached hydrogen (secondary N) is 1. The first-order valence-corrected chi connectivity index (χ1v) is 6.60. The molecule has 0 bridgehead atoms. The predicted molar refractivity (Wildman–Crippen MR) is 70.1 cm³/mol. The first-order valence-electron chi connectivity index (χ1n) is 6.60. The van der Waals surface area contributed by atoms with E-state index in [1.54, 1.807) is 0 Å². The second-order valence-electron chi connectivity index (χ2n) is 4.95. The van der Waals surface area contributed by atoms with Crippen molar-refractivity contribution in [2.24, 2.45) is 5.84 Å². The van der Waals surface area contributed by atoms with Crippen molar-refractivity contribution in [3.05, 3.63) is 35.4 Å². The second-order valence-corrected chi connectivity index (χ2v) is 4.95. The zero-order chi connectivity index (χ0) is 13.7. The fourth-order valence-corrected chi connectivity index (χ4v) is 2.58. The number of halogens is 2. The van der Waals surface area contributed by atoms with Gasteiger partial charge in [0.1, 0.15) is 6.61 Å². The van der Waals surface area contributed by atoms with Crippen LogP contribution in [0.3, 0.4) is 0 Å². The fraction of sp³-hybridized carbons (Fsp3) is 0.571. The first kappa shape index (κ1) is 14.4. The molecule has 3 N–H and O–H groups in total. The molecule has 2 rings (SSSR count). The molecule has 1 aliphatic rings. The van der Waals surface area contributed by atoms with Gasteiger partial charge in [-0.2, -0.15) is 0 Å². The molecule has 0 spiro atoms. The smallest absolute Gasteiger partial charge is 0.261 e. The normalized spacial score (nSPS) is 19.1. The van der Waals surface area contributed by atoms with Crippen LogP contribution >= 0.6 is 0 Å². The van der Waals surface area contributed by atoms with Gasteiger partial charge in [0.2, 0.25) is 0 Å². The molecule has 0 aromatic heterocycles. The minimum absolute atomic E-state index is 0.107. The highest BCUT2D eigenvalue weighted by Crippen LogP contribution is 2.38. The minimum atomic E-state index is -2.40. The van der Waals surface area contributed by atoms with Crippen LogP contribution < -0.4 is 11.3 Å². The molecule has 0 saturated carbocycles. The van der Waals surface area contributed by atoms with E-state index >= 15 is 0 Å². The first-order chi connectivity index (χ1) is 9.20.